The predicted octanol–water partition coefficient (Wildman–Crippen LogP) is 4.91. The van der Waals surface area contributed by atoms with Crippen LogP contribution in [0.15, 0.2) is 76.7 Å². The van der Waals surface area contributed by atoms with E-state index in [-0.39, 0.29) is 4.90 Å². The molecule has 0 fully saturated rings. The zero-order chi connectivity index (χ0) is 23.6. The Morgan fingerprint density at radius 2 is 1.52 bits per heavy atom. The molecule has 172 valence electrons. The van der Waals surface area contributed by atoms with Crippen LogP contribution in [0.3, 0.4) is 0 Å². The molecule has 0 aliphatic carbocycles. The van der Waals surface area contributed by atoms with Crippen LogP contribution < -0.4 is 14.2 Å². The summed E-state index contributed by atoms with van der Waals surface area (Å²) in [5.41, 5.74) is 2.17. The molecular formula is C24H23ClN2O5S. The fraction of sp³-hybridized carbons (Fsp3) is 0.208. The van der Waals surface area contributed by atoms with Gasteiger partial charge in [-0.1, -0.05) is 41.9 Å². The molecular weight excluding hydrogens is 464 g/mol. The van der Waals surface area contributed by atoms with Crippen molar-refractivity contribution in [1.29, 1.82) is 0 Å². The minimum Gasteiger partial charge on any atom is -0.493 e. The van der Waals surface area contributed by atoms with Gasteiger partial charge in [0, 0.05) is 11.4 Å². The molecule has 1 heterocycles. The average molecular weight is 487 g/mol. The molecule has 0 bridgehead atoms. The molecule has 1 atom stereocenters. The van der Waals surface area contributed by atoms with Gasteiger partial charge in [-0.2, -0.15) is 17.9 Å². The van der Waals surface area contributed by atoms with Crippen molar-refractivity contribution in [3.05, 3.63) is 82.9 Å². The molecule has 1 aliphatic rings. The van der Waals surface area contributed by atoms with E-state index in [1.807, 2.05) is 30.3 Å². The van der Waals surface area contributed by atoms with Crippen molar-refractivity contribution in [1.82, 2.24) is 4.41 Å². The molecule has 0 N–H and O–H groups in total. The van der Waals surface area contributed by atoms with Crippen LogP contribution in [0.5, 0.6) is 17.2 Å². The minimum atomic E-state index is -3.97. The van der Waals surface area contributed by atoms with Gasteiger partial charge in [0.1, 0.15) is 0 Å². The van der Waals surface area contributed by atoms with Crippen LogP contribution in [-0.2, 0) is 10.0 Å². The summed E-state index contributed by atoms with van der Waals surface area (Å²) in [6.07, 6.45) is 0.371. The van der Waals surface area contributed by atoms with Crippen molar-refractivity contribution < 1.29 is 22.6 Å². The second kappa shape index (κ2) is 9.33. The SMILES string of the molecule is COc1cc(C2CC(c3ccccc3)=NN2S(=O)(=O)c2ccc(Cl)cc2)cc(OC)c1OC. The highest BCUT2D eigenvalue weighted by atomic mass is 35.5. The molecule has 0 spiro atoms. The predicted molar refractivity (Wildman–Crippen MR) is 127 cm³/mol. The van der Waals surface area contributed by atoms with Crippen LogP contribution in [0.1, 0.15) is 23.6 Å². The summed E-state index contributed by atoms with van der Waals surface area (Å²) in [6.45, 7) is 0. The molecule has 0 amide bonds. The van der Waals surface area contributed by atoms with Gasteiger partial charge in [-0.3, -0.25) is 0 Å². The largest absolute Gasteiger partial charge is 0.493 e. The number of methoxy groups -OCH3 is 3. The average Bonchev–Trinajstić information content (AvgIpc) is 3.30. The topological polar surface area (TPSA) is 77.4 Å². The van der Waals surface area contributed by atoms with E-state index in [1.165, 1.54) is 33.5 Å². The Bertz CT molecular complexity index is 1250. The van der Waals surface area contributed by atoms with Crippen molar-refractivity contribution in [2.45, 2.75) is 17.4 Å². The zero-order valence-corrected chi connectivity index (χ0v) is 19.9. The first-order valence-corrected chi connectivity index (χ1v) is 11.9. The number of ether oxygens (including phenoxy) is 3. The van der Waals surface area contributed by atoms with E-state index in [0.717, 1.165) is 9.98 Å². The quantitative estimate of drug-likeness (QED) is 0.474. The molecule has 0 saturated heterocycles. The highest BCUT2D eigenvalue weighted by Crippen LogP contribution is 2.44. The van der Waals surface area contributed by atoms with Crippen LogP contribution in [0.2, 0.25) is 5.02 Å². The van der Waals surface area contributed by atoms with Crippen LogP contribution in [0.25, 0.3) is 0 Å². The van der Waals surface area contributed by atoms with Crippen LogP contribution >= 0.6 is 11.6 Å². The fourth-order valence-electron chi connectivity index (χ4n) is 3.77. The number of benzene rings is 3. The first kappa shape index (κ1) is 22.9. The first-order chi connectivity index (χ1) is 15.9. The van der Waals surface area contributed by atoms with Gasteiger partial charge in [0.05, 0.1) is 38.0 Å². The van der Waals surface area contributed by atoms with E-state index >= 15 is 0 Å². The molecule has 7 nitrogen and oxygen atoms in total. The van der Waals surface area contributed by atoms with E-state index in [0.29, 0.717) is 40.0 Å². The van der Waals surface area contributed by atoms with Gasteiger partial charge in [0.15, 0.2) is 11.5 Å². The lowest BCUT2D eigenvalue weighted by Crippen LogP contribution is -2.27. The van der Waals surface area contributed by atoms with Crippen LogP contribution in [0, 0.1) is 0 Å². The fourth-order valence-corrected chi connectivity index (χ4v) is 5.33. The summed E-state index contributed by atoms with van der Waals surface area (Å²) in [5, 5.41) is 5.01. The Kier molecular flexibility index (Phi) is 6.49. The Balaban J connectivity index is 1.85. The molecule has 0 aromatic heterocycles. The van der Waals surface area contributed by atoms with Gasteiger partial charge in [0.25, 0.3) is 10.0 Å². The molecule has 33 heavy (non-hydrogen) atoms. The molecule has 9 heteroatoms. The van der Waals surface area contributed by atoms with Gasteiger partial charge >= 0.3 is 0 Å². The van der Waals surface area contributed by atoms with E-state index < -0.39 is 16.1 Å². The Hall–Kier alpha value is -3.23. The maximum absolute atomic E-state index is 13.6. The zero-order valence-electron chi connectivity index (χ0n) is 18.4. The van der Waals surface area contributed by atoms with Crippen LogP contribution in [0.4, 0.5) is 0 Å². The Morgan fingerprint density at radius 3 is 2.06 bits per heavy atom. The van der Waals surface area contributed by atoms with E-state index in [4.69, 9.17) is 25.8 Å². The van der Waals surface area contributed by atoms with Crippen molar-refractivity contribution >= 4 is 27.3 Å². The maximum Gasteiger partial charge on any atom is 0.279 e. The smallest absolute Gasteiger partial charge is 0.279 e. The highest BCUT2D eigenvalue weighted by molar-refractivity contribution is 7.89. The molecule has 0 radical (unpaired) electrons. The lowest BCUT2D eigenvalue weighted by Gasteiger charge is -2.25. The van der Waals surface area contributed by atoms with E-state index in [9.17, 15) is 8.42 Å². The van der Waals surface area contributed by atoms with Gasteiger partial charge in [-0.25, -0.2) is 0 Å². The molecule has 3 aromatic carbocycles. The third kappa shape index (κ3) is 4.36. The standard InChI is InChI=1S/C24H23ClN2O5S/c1-30-22-13-17(14-23(31-2)24(22)32-3)21-15-20(16-7-5-4-6-8-16)26-27(21)33(28,29)19-11-9-18(25)10-12-19/h4-14,21H,15H2,1-3H3. The monoisotopic (exact) mass is 486 g/mol. The van der Waals surface area contributed by atoms with Crippen LogP contribution in [-0.4, -0.2) is 39.9 Å². The number of hydrazone groups is 1. The summed E-state index contributed by atoms with van der Waals surface area (Å²) in [5.74, 6) is 1.30. The minimum absolute atomic E-state index is 0.0994. The third-order valence-electron chi connectivity index (χ3n) is 5.41. The van der Waals surface area contributed by atoms with E-state index in [2.05, 4.69) is 5.10 Å². The lowest BCUT2D eigenvalue weighted by molar-refractivity contribution is 0.319. The molecule has 0 saturated carbocycles. The Labute approximate surface area is 198 Å². The molecule has 1 unspecified atom stereocenters. The highest BCUT2D eigenvalue weighted by Gasteiger charge is 2.38. The number of hydrogen-bond donors (Lipinski definition) is 0. The lowest BCUT2D eigenvalue weighted by atomic mass is 9.98. The summed E-state index contributed by atoms with van der Waals surface area (Å²) >= 11 is 5.97. The summed E-state index contributed by atoms with van der Waals surface area (Å²) in [4.78, 5) is 0.0994. The van der Waals surface area contributed by atoms with Crippen molar-refractivity contribution in [2.75, 3.05) is 21.3 Å². The number of nitrogens with zero attached hydrogens (tertiary/aromatic N) is 2. The Morgan fingerprint density at radius 1 is 0.909 bits per heavy atom. The second-order valence-corrected chi connectivity index (χ2v) is 9.55. The van der Waals surface area contributed by atoms with Gasteiger partial charge in [-0.05, 0) is 47.5 Å². The number of hydrogen-bond acceptors (Lipinski definition) is 6. The number of halogens is 1. The number of rotatable bonds is 7. The van der Waals surface area contributed by atoms with Gasteiger partial charge in [-0.15, -0.1) is 0 Å². The normalized spacial score (nSPS) is 15.8. The maximum atomic E-state index is 13.6. The second-order valence-electron chi connectivity index (χ2n) is 7.32. The number of sulfonamides is 1. The summed E-state index contributed by atoms with van der Waals surface area (Å²) in [7, 11) is 0.579. The van der Waals surface area contributed by atoms with Gasteiger partial charge in [0.2, 0.25) is 5.75 Å². The first-order valence-electron chi connectivity index (χ1n) is 10.1. The summed E-state index contributed by atoms with van der Waals surface area (Å²) in [6, 6.07) is 18.4. The van der Waals surface area contributed by atoms with Gasteiger partial charge < -0.3 is 14.2 Å². The van der Waals surface area contributed by atoms with Crippen molar-refractivity contribution in [3.63, 3.8) is 0 Å². The molecule has 1 aliphatic heterocycles. The summed E-state index contributed by atoms with van der Waals surface area (Å²) < 4.78 is 44.8. The third-order valence-corrected chi connectivity index (χ3v) is 7.36. The molecule has 3 aromatic rings. The van der Waals surface area contributed by atoms with Crippen molar-refractivity contribution in [2.24, 2.45) is 5.10 Å². The van der Waals surface area contributed by atoms with E-state index in [1.54, 1.807) is 24.3 Å². The molecule has 4 rings (SSSR count). The van der Waals surface area contributed by atoms with Crippen molar-refractivity contribution in [3.8, 4) is 17.2 Å².